The van der Waals surface area contributed by atoms with Gasteiger partial charge in [-0.3, -0.25) is 0 Å². The van der Waals surface area contributed by atoms with Gasteiger partial charge in [-0.15, -0.1) is 0 Å². The molecule has 0 saturated carbocycles. The summed E-state index contributed by atoms with van der Waals surface area (Å²) >= 11 is 0. The lowest BCUT2D eigenvalue weighted by Gasteiger charge is -2.37. The highest BCUT2D eigenvalue weighted by Gasteiger charge is 2.18. The Morgan fingerprint density at radius 2 is 1.15 bits per heavy atom. The number of methoxy groups -OCH3 is 2. The fourth-order valence-corrected chi connectivity index (χ4v) is 5.47. The van der Waals surface area contributed by atoms with Crippen LogP contribution in [0.4, 0.5) is 11.4 Å². The zero-order valence-electron chi connectivity index (χ0n) is 22.5. The normalized spacial score (nSPS) is 13.8. The topological polar surface area (TPSA) is 82.3 Å². The van der Waals surface area contributed by atoms with E-state index in [1.54, 1.807) is 14.2 Å². The number of imidazole rings is 2. The SMILES string of the molecule is COc1ccc(-c2nc3ccc(-c4nc5ccc(N6CCN(c7ccccc7)CC6)cc5[nH]4)cc3[nH]2)cc1OC. The molecule has 8 nitrogen and oxygen atoms in total. The van der Waals surface area contributed by atoms with Gasteiger partial charge in [0.25, 0.3) is 0 Å². The number of nitrogens with zero attached hydrogens (tertiary/aromatic N) is 4. The largest absolute Gasteiger partial charge is 0.493 e. The number of aromatic nitrogens is 4. The van der Waals surface area contributed by atoms with E-state index in [0.29, 0.717) is 11.5 Å². The summed E-state index contributed by atoms with van der Waals surface area (Å²) < 4.78 is 10.8. The lowest BCUT2D eigenvalue weighted by Crippen LogP contribution is -2.46. The molecule has 1 saturated heterocycles. The van der Waals surface area contributed by atoms with Crippen molar-refractivity contribution in [2.45, 2.75) is 0 Å². The summed E-state index contributed by atoms with van der Waals surface area (Å²) in [6, 6.07) is 29.1. The van der Waals surface area contributed by atoms with Crippen LogP contribution in [0, 0.1) is 0 Å². The van der Waals surface area contributed by atoms with Crippen LogP contribution in [0.3, 0.4) is 0 Å². The third kappa shape index (κ3) is 4.37. The number of aromatic amines is 2. The van der Waals surface area contributed by atoms with E-state index in [4.69, 9.17) is 19.4 Å². The third-order valence-corrected chi connectivity index (χ3v) is 7.64. The summed E-state index contributed by atoms with van der Waals surface area (Å²) in [5.41, 5.74) is 8.27. The summed E-state index contributed by atoms with van der Waals surface area (Å²) in [6.45, 7) is 3.98. The first-order chi connectivity index (χ1) is 19.7. The van der Waals surface area contributed by atoms with Gasteiger partial charge in [0, 0.05) is 48.7 Å². The number of hydrogen-bond acceptors (Lipinski definition) is 6. The van der Waals surface area contributed by atoms with Crippen LogP contribution in [-0.4, -0.2) is 60.3 Å². The molecule has 200 valence electrons. The van der Waals surface area contributed by atoms with Crippen molar-refractivity contribution < 1.29 is 9.47 Å². The summed E-state index contributed by atoms with van der Waals surface area (Å²) in [4.78, 5) is 21.6. The summed E-state index contributed by atoms with van der Waals surface area (Å²) in [5, 5.41) is 0. The summed E-state index contributed by atoms with van der Waals surface area (Å²) in [6.07, 6.45) is 0. The zero-order valence-corrected chi connectivity index (χ0v) is 22.5. The van der Waals surface area contributed by atoms with E-state index < -0.39 is 0 Å². The molecule has 2 aromatic heterocycles. The van der Waals surface area contributed by atoms with E-state index in [2.05, 4.69) is 80.4 Å². The minimum Gasteiger partial charge on any atom is -0.493 e. The van der Waals surface area contributed by atoms with Crippen LogP contribution >= 0.6 is 0 Å². The summed E-state index contributed by atoms with van der Waals surface area (Å²) in [5.74, 6) is 2.97. The molecular formula is C32H30N6O2. The maximum atomic E-state index is 5.46. The molecule has 7 rings (SSSR count). The van der Waals surface area contributed by atoms with E-state index >= 15 is 0 Å². The molecule has 0 aliphatic carbocycles. The maximum absolute atomic E-state index is 5.46. The van der Waals surface area contributed by atoms with Gasteiger partial charge < -0.3 is 29.2 Å². The molecule has 2 N–H and O–H groups in total. The number of hydrogen-bond donors (Lipinski definition) is 2. The van der Waals surface area contributed by atoms with Crippen LogP contribution in [-0.2, 0) is 0 Å². The van der Waals surface area contributed by atoms with Crippen molar-refractivity contribution in [3.05, 3.63) is 84.9 Å². The minimum absolute atomic E-state index is 0.667. The van der Waals surface area contributed by atoms with E-state index in [0.717, 1.165) is 71.0 Å². The van der Waals surface area contributed by atoms with Crippen LogP contribution < -0.4 is 19.3 Å². The fourth-order valence-electron chi connectivity index (χ4n) is 5.47. The molecule has 1 aliphatic rings. The van der Waals surface area contributed by atoms with Gasteiger partial charge in [-0.25, -0.2) is 9.97 Å². The highest BCUT2D eigenvalue weighted by molar-refractivity contribution is 5.87. The van der Waals surface area contributed by atoms with E-state index in [9.17, 15) is 0 Å². The summed E-state index contributed by atoms with van der Waals surface area (Å²) in [7, 11) is 3.26. The van der Waals surface area contributed by atoms with Gasteiger partial charge in [0.2, 0.25) is 0 Å². The second-order valence-corrected chi connectivity index (χ2v) is 9.98. The molecule has 0 unspecified atom stereocenters. The number of benzene rings is 4. The molecule has 0 radical (unpaired) electrons. The van der Waals surface area contributed by atoms with Gasteiger partial charge in [0.05, 0.1) is 36.3 Å². The van der Waals surface area contributed by atoms with Crippen molar-refractivity contribution in [2.24, 2.45) is 0 Å². The molecule has 1 fully saturated rings. The van der Waals surface area contributed by atoms with E-state index in [-0.39, 0.29) is 0 Å². The molecule has 1 aliphatic heterocycles. The van der Waals surface area contributed by atoms with Crippen LogP contribution in [0.1, 0.15) is 0 Å². The average Bonchev–Trinajstić information content (AvgIpc) is 3.65. The molecule has 40 heavy (non-hydrogen) atoms. The van der Waals surface area contributed by atoms with Crippen LogP contribution in [0.5, 0.6) is 11.5 Å². The number of para-hydroxylation sites is 1. The molecule has 4 aromatic carbocycles. The highest BCUT2D eigenvalue weighted by Crippen LogP contribution is 2.33. The average molecular weight is 531 g/mol. The Kier molecular flexibility index (Phi) is 6.00. The van der Waals surface area contributed by atoms with Crippen molar-refractivity contribution in [1.82, 2.24) is 19.9 Å². The lowest BCUT2D eigenvalue weighted by atomic mass is 10.2. The standard InChI is InChI=1S/C32H30N6O2/c1-39-29-13-9-22(19-30(29)40-2)32-33-25-11-8-21(18-27(25)35-32)31-34-26-12-10-24(20-28(26)36-31)38-16-14-37(15-17-38)23-6-4-3-5-7-23/h3-13,18-20H,14-17H2,1-2H3,(H,33,35)(H,34,36). The minimum atomic E-state index is 0.667. The van der Waals surface area contributed by atoms with Crippen LogP contribution in [0.25, 0.3) is 44.8 Å². The number of fused-ring (bicyclic) bond motifs is 2. The molecular weight excluding hydrogens is 500 g/mol. The van der Waals surface area contributed by atoms with Crippen molar-refractivity contribution in [2.75, 3.05) is 50.2 Å². The van der Waals surface area contributed by atoms with Gasteiger partial charge in [-0.2, -0.15) is 0 Å². The van der Waals surface area contributed by atoms with Gasteiger partial charge in [-0.05, 0) is 66.7 Å². The van der Waals surface area contributed by atoms with Crippen LogP contribution in [0.2, 0.25) is 0 Å². The smallest absolute Gasteiger partial charge is 0.161 e. The number of anilines is 2. The predicted molar refractivity (Wildman–Crippen MR) is 161 cm³/mol. The second kappa shape index (κ2) is 9.96. The van der Waals surface area contributed by atoms with Gasteiger partial charge in [-0.1, -0.05) is 18.2 Å². The molecule has 0 spiro atoms. The Bertz CT molecular complexity index is 1800. The van der Waals surface area contributed by atoms with Gasteiger partial charge >= 0.3 is 0 Å². The first-order valence-electron chi connectivity index (χ1n) is 13.5. The van der Waals surface area contributed by atoms with Crippen LogP contribution in [0.15, 0.2) is 84.9 Å². The lowest BCUT2D eigenvalue weighted by molar-refractivity contribution is 0.355. The number of nitrogens with one attached hydrogen (secondary N) is 2. The van der Waals surface area contributed by atoms with Gasteiger partial charge in [0.15, 0.2) is 11.5 Å². The highest BCUT2D eigenvalue weighted by atomic mass is 16.5. The van der Waals surface area contributed by atoms with Crippen molar-refractivity contribution in [1.29, 1.82) is 0 Å². The van der Waals surface area contributed by atoms with E-state index in [1.165, 1.54) is 11.4 Å². The maximum Gasteiger partial charge on any atom is 0.161 e. The molecule has 6 aromatic rings. The monoisotopic (exact) mass is 530 g/mol. The molecule has 0 bridgehead atoms. The van der Waals surface area contributed by atoms with Crippen molar-refractivity contribution >= 4 is 33.4 Å². The van der Waals surface area contributed by atoms with Gasteiger partial charge in [0.1, 0.15) is 11.6 Å². The second-order valence-electron chi connectivity index (χ2n) is 9.98. The quantitative estimate of drug-likeness (QED) is 0.270. The van der Waals surface area contributed by atoms with E-state index in [1.807, 2.05) is 24.3 Å². The first-order valence-corrected chi connectivity index (χ1v) is 13.5. The van der Waals surface area contributed by atoms with Crippen molar-refractivity contribution in [3.63, 3.8) is 0 Å². The Balaban J connectivity index is 1.12. The van der Waals surface area contributed by atoms with Crippen molar-refractivity contribution in [3.8, 4) is 34.3 Å². The predicted octanol–water partition coefficient (Wildman–Crippen LogP) is 6.12. The fraction of sp³-hybridized carbons (Fsp3) is 0.188. The Morgan fingerprint density at radius 1 is 0.575 bits per heavy atom. The number of rotatable bonds is 6. The first kappa shape index (κ1) is 24.1. The Morgan fingerprint density at radius 3 is 1.82 bits per heavy atom. The zero-order chi connectivity index (χ0) is 27.1. The Hall–Kier alpha value is -4.98. The molecule has 0 amide bonds. The number of ether oxygens (including phenoxy) is 2. The Labute approximate surface area is 232 Å². The molecule has 3 heterocycles. The number of piperazine rings is 1. The third-order valence-electron chi connectivity index (χ3n) is 7.64. The molecule has 0 atom stereocenters. The number of H-pyrrole nitrogens is 2. The molecule has 8 heteroatoms.